The molecular weight excluding hydrogens is 424 g/mol. The fourth-order valence-electron chi connectivity index (χ4n) is 5.05. The summed E-state index contributed by atoms with van der Waals surface area (Å²) in [5.74, 6) is -0.428. The number of carbonyl (C=O) groups excluding carboxylic acids is 2. The van der Waals surface area contributed by atoms with E-state index >= 15 is 0 Å². The van der Waals surface area contributed by atoms with Crippen LogP contribution < -0.4 is 5.32 Å². The molecule has 2 bridgehead atoms. The third kappa shape index (κ3) is 4.72. The SMILES string of the molecule is CC(C)(C)OC(=O)N1CC=C(c2cnc(NC(=O)C34CCC(C(=O)O)(CC3)CC4)cn2)CC1. The van der Waals surface area contributed by atoms with Crippen molar-refractivity contribution in [3.8, 4) is 0 Å². The molecule has 33 heavy (non-hydrogen) atoms. The van der Waals surface area contributed by atoms with E-state index in [2.05, 4.69) is 15.3 Å². The number of carboxylic acids is 1. The third-order valence-electron chi connectivity index (χ3n) is 7.26. The van der Waals surface area contributed by atoms with Crippen LogP contribution in [0.2, 0.25) is 0 Å². The third-order valence-corrected chi connectivity index (χ3v) is 7.26. The Hall–Kier alpha value is -2.97. The van der Waals surface area contributed by atoms with Crippen molar-refractivity contribution in [2.24, 2.45) is 10.8 Å². The highest BCUT2D eigenvalue weighted by Gasteiger charge is 2.55. The molecule has 9 nitrogen and oxygen atoms in total. The highest BCUT2D eigenvalue weighted by Crippen LogP contribution is 2.57. The summed E-state index contributed by atoms with van der Waals surface area (Å²) in [5.41, 5.74) is 0.0474. The fraction of sp³-hybridized carbons (Fsp3) is 0.625. The minimum Gasteiger partial charge on any atom is -0.481 e. The molecule has 1 aromatic heterocycles. The quantitative estimate of drug-likeness (QED) is 0.705. The molecule has 2 amide bonds. The van der Waals surface area contributed by atoms with Crippen LogP contribution in [0.25, 0.3) is 5.57 Å². The number of aliphatic carboxylic acids is 1. The highest BCUT2D eigenvalue weighted by atomic mass is 16.6. The minimum absolute atomic E-state index is 0.0897. The lowest BCUT2D eigenvalue weighted by atomic mass is 9.53. The average molecular weight is 457 g/mol. The molecule has 0 saturated heterocycles. The molecule has 178 valence electrons. The molecule has 1 aromatic rings. The summed E-state index contributed by atoms with van der Waals surface area (Å²) in [6.07, 6.45) is 8.90. The van der Waals surface area contributed by atoms with E-state index in [0.29, 0.717) is 63.9 Å². The van der Waals surface area contributed by atoms with Gasteiger partial charge in [-0.05, 0) is 71.3 Å². The van der Waals surface area contributed by atoms with Crippen LogP contribution in [0, 0.1) is 10.8 Å². The summed E-state index contributed by atoms with van der Waals surface area (Å²) in [4.78, 5) is 47.3. The number of aromatic nitrogens is 2. The second-order valence-corrected chi connectivity index (χ2v) is 10.5. The van der Waals surface area contributed by atoms with Crippen molar-refractivity contribution in [3.63, 3.8) is 0 Å². The predicted octanol–water partition coefficient (Wildman–Crippen LogP) is 3.86. The molecule has 0 atom stereocenters. The Balaban J connectivity index is 1.34. The summed E-state index contributed by atoms with van der Waals surface area (Å²) >= 11 is 0. The van der Waals surface area contributed by atoms with Gasteiger partial charge in [-0.2, -0.15) is 0 Å². The van der Waals surface area contributed by atoms with Crippen LogP contribution in [0.1, 0.15) is 71.4 Å². The van der Waals surface area contributed by atoms with Crippen LogP contribution in [0.4, 0.5) is 10.6 Å². The average Bonchev–Trinajstić information content (AvgIpc) is 2.80. The van der Waals surface area contributed by atoms with Crippen LogP contribution in [-0.4, -0.2) is 56.6 Å². The first-order valence-corrected chi connectivity index (χ1v) is 11.6. The smallest absolute Gasteiger partial charge is 0.410 e. The van der Waals surface area contributed by atoms with Crippen LogP contribution in [0.3, 0.4) is 0 Å². The van der Waals surface area contributed by atoms with Gasteiger partial charge < -0.3 is 20.1 Å². The van der Waals surface area contributed by atoms with Crippen molar-refractivity contribution >= 4 is 29.4 Å². The van der Waals surface area contributed by atoms with Crippen molar-refractivity contribution in [2.45, 2.75) is 71.3 Å². The van der Waals surface area contributed by atoms with E-state index in [1.165, 1.54) is 0 Å². The van der Waals surface area contributed by atoms with Crippen LogP contribution in [0.5, 0.6) is 0 Å². The van der Waals surface area contributed by atoms with Gasteiger partial charge in [-0.25, -0.2) is 9.78 Å². The molecule has 5 rings (SSSR count). The zero-order chi connectivity index (χ0) is 23.9. The maximum absolute atomic E-state index is 13.0. The number of ether oxygens (including phenoxy) is 1. The van der Waals surface area contributed by atoms with Crippen molar-refractivity contribution in [1.29, 1.82) is 0 Å². The number of carboxylic acid groups (broad SMARTS) is 1. The monoisotopic (exact) mass is 456 g/mol. The molecular formula is C24H32N4O5. The van der Waals surface area contributed by atoms with Crippen LogP contribution in [-0.2, 0) is 14.3 Å². The minimum atomic E-state index is -0.733. The molecule has 1 aliphatic heterocycles. The molecule has 9 heteroatoms. The zero-order valence-corrected chi connectivity index (χ0v) is 19.5. The number of carbonyl (C=O) groups is 3. The van der Waals surface area contributed by atoms with E-state index in [0.717, 1.165) is 11.3 Å². The van der Waals surface area contributed by atoms with Gasteiger partial charge in [0.25, 0.3) is 0 Å². The van der Waals surface area contributed by atoms with Gasteiger partial charge in [0.1, 0.15) is 5.60 Å². The Morgan fingerprint density at radius 3 is 2.15 bits per heavy atom. The second-order valence-electron chi connectivity index (χ2n) is 10.5. The van der Waals surface area contributed by atoms with Gasteiger partial charge in [0.05, 0.1) is 23.5 Å². The van der Waals surface area contributed by atoms with Gasteiger partial charge in [-0.15, -0.1) is 0 Å². The Kier molecular flexibility index (Phi) is 5.92. The van der Waals surface area contributed by atoms with Crippen molar-refractivity contribution in [2.75, 3.05) is 18.4 Å². The maximum atomic E-state index is 13.0. The van der Waals surface area contributed by atoms with Crippen molar-refractivity contribution in [3.05, 3.63) is 24.2 Å². The van der Waals surface area contributed by atoms with E-state index in [-0.39, 0.29) is 12.0 Å². The predicted molar refractivity (Wildman–Crippen MR) is 121 cm³/mol. The van der Waals surface area contributed by atoms with E-state index in [9.17, 15) is 19.5 Å². The number of nitrogens with one attached hydrogen (secondary N) is 1. The Bertz CT molecular complexity index is 955. The fourth-order valence-corrected chi connectivity index (χ4v) is 5.05. The second kappa shape index (κ2) is 8.43. The number of nitrogens with zero attached hydrogens (tertiary/aromatic N) is 3. The lowest BCUT2D eigenvalue weighted by Gasteiger charge is -2.50. The number of fused-ring (bicyclic) bond motifs is 3. The topological polar surface area (TPSA) is 122 Å². The lowest BCUT2D eigenvalue weighted by molar-refractivity contribution is -0.162. The Labute approximate surface area is 193 Å². The first kappa shape index (κ1) is 23.2. The standard InChI is InChI=1S/C24H32N4O5/c1-22(2,3)33-21(32)28-12-4-16(5-13-28)17-14-26-18(15-25-17)27-19(29)23-6-9-24(10-7-23,11-8-23)20(30)31/h4,14-15H,5-13H2,1-3H3,(H,30,31)(H,26,27,29). The number of hydrogen-bond acceptors (Lipinski definition) is 6. The summed E-state index contributed by atoms with van der Waals surface area (Å²) in [7, 11) is 0. The summed E-state index contributed by atoms with van der Waals surface area (Å²) in [6.45, 7) is 6.53. The first-order valence-electron chi connectivity index (χ1n) is 11.6. The molecule has 3 saturated carbocycles. The lowest BCUT2D eigenvalue weighted by Crippen LogP contribution is -2.50. The first-order chi connectivity index (χ1) is 15.5. The van der Waals surface area contributed by atoms with Gasteiger partial charge in [0, 0.05) is 18.5 Å². The van der Waals surface area contributed by atoms with Crippen molar-refractivity contribution < 1.29 is 24.2 Å². The van der Waals surface area contributed by atoms with Gasteiger partial charge in [0.2, 0.25) is 5.91 Å². The summed E-state index contributed by atoms with van der Waals surface area (Å²) in [6, 6.07) is 0. The molecule has 3 aliphatic carbocycles. The van der Waals surface area contributed by atoms with E-state index in [1.807, 2.05) is 26.8 Å². The molecule has 0 aromatic carbocycles. The molecule has 0 radical (unpaired) electrons. The summed E-state index contributed by atoms with van der Waals surface area (Å²) in [5, 5.41) is 12.4. The van der Waals surface area contributed by atoms with Gasteiger partial charge in [0.15, 0.2) is 5.82 Å². The number of amides is 2. The maximum Gasteiger partial charge on any atom is 0.410 e. The normalized spacial score (nSPS) is 27.0. The van der Waals surface area contributed by atoms with Gasteiger partial charge in [-0.1, -0.05) is 6.08 Å². The van der Waals surface area contributed by atoms with Gasteiger partial charge >= 0.3 is 12.1 Å². The van der Waals surface area contributed by atoms with Crippen LogP contribution >= 0.6 is 0 Å². The Morgan fingerprint density at radius 2 is 1.67 bits per heavy atom. The number of hydrogen-bond donors (Lipinski definition) is 2. The van der Waals surface area contributed by atoms with E-state index < -0.39 is 22.4 Å². The largest absolute Gasteiger partial charge is 0.481 e. The summed E-state index contributed by atoms with van der Waals surface area (Å²) < 4.78 is 5.42. The van der Waals surface area contributed by atoms with E-state index in [1.54, 1.807) is 17.3 Å². The van der Waals surface area contributed by atoms with Gasteiger partial charge in [-0.3, -0.25) is 14.6 Å². The zero-order valence-electron chi connectivity index (χ0n) is 19.5. The van der Waals surface area contributed by atoms with E-state index in [4.69, 9.17) is 4.74 Å². The molecule has 0 unspecified atom stereocenters. The highest BCUT2D eigenvalue weighted by molar-refractivity contribution is 5.95. The molecule has 0 spiro atoms. The Morgan fingerprint density at radius 1 is 1.03 bits per heavy atom. The van der Waals surface area contributed by atoms with Crippen LogP contribution in [0.15, 0.2) is 18.5 Å². The molecule has 2 heterocycles. The number of rotatable bonds is 4. The van der Waals surface area contributed by atoms with Crippen molar-refractivity contribution in [1.82, 2.24) is 14.9 Å². The molecule has 2 N–H and O–H groups in total. The molecule has 4 aliphatic rings. The molecule has 3 fully saturated rings. The number of anilines is 1.